The lowest BCUT2D eigenvalue weighted by Gasteiger charge is -2.13. The van der Waals surface area contributed by atoms with Crippen molar-refractivity contribution in [3.63, 3.8) is 0 Å². The molecule has 0 radical (unpaired) electrons. The van der Waals surface area contributed by atoms with Crippen LogP contribution >= 0.6 is 0 Å². The predicted octanol–water partition coefficient (Wildman–Crippen LogP) is 4.82. The number of allylic oxidation sites excluding steroid dienone is 1. The van der Waals surface area contributed by atoms with Crippen molar-refractivity contribution in [1.82, 2.24) is 0 Å². The molecule has 0 saturated carbocycles. The van der Waals surface area contributed by atoms with Crippen LogP contribution in [0.4, 0.5) is 0 Å². The summed E-state index contributed by atoms with van der Waals surface area (Å²) in [5, 5.41) is 10.8. The van der Waals surface area contributed by atoms with Crippen LogP contribution in [0.5, 0.6) is 0 Å². The van der Waals surface area contributed by atoms with Gasteiger partial charge in [-0.3, -0.25) is 0 Å². The fourth-order valence-electron chi connectivity index (χ4n) is 2.77. The summed E-state index contributed by atoms with van der Waals surface area (Å²) in [6.07, 6.45) is 7.15. The molecule has 0 aliphatic carbocycles. The van der Waals surface area contributed by atoms with E-state index in [0.29, 0.717) is 0 Å². The fourth-order valence-corrected chi connectivity index (χ4v) is 2.77. The molecule has 1 aromatic carbocycles. The molecular formula is C18H24O2. The summed E-state index contributed by atoms with van der Waals surface area (Å²) in [6.45, 7) is 6.14. The topological polar surface area (TPSA) is 33.4 Å². The minimum absolute atomic E-state index is 0.0905. The number of hydrogen-bond donors (Lipinski definition) is 1. The smallest absolute Gasteiger partial charge is 0.134 e. The molecule has 1 aromatic heterocycles. The molecule has 20 heavy (non-hydrogen) atoms. The highest BCUT2D eigenvalue weighted by Gasteiger charge is 2.20. The normalized spacial score (nSPS) is 12.7. The van der Waals surface area contributed by atoms with E-state index < -0.39 is 0 Å². The van der Waals surface area contributed by atoms with Crippen LogP contribution < -0.4 is 0 Å². The van der Waals surface area contributed by atoms with Crippen LogP contribution in [0.1, 0.15) is 49.8 Å². The van der Waals surface area contributed by atoms with Crippen molar-refractivity contribution in [2.45, 2.75) is 44.9 Å². The lowest BCUT2D eigenvalue weighted by molar-refractivity contribution is 0.264. The summed E-state index contributed by atoms with van der Waals surface area (Å²) in [7, 11) is 0. The molecule has 0 fully saturated rings. The fraction of sp³-hybridized carbons (Fsp3) is 0.444. The highest BCUT2D eigenvalue weighted by atomic mass is 16.3. The molecule has 2 aromatic rings. The van der Waals surface area contributed by atoms with Gasteiger partial charge in [0.25, 0.3) is 0 Å². The first-order valence-corrected chi connectivity index (χ1v) is 7.53. The summed E-state index contributed by atoms with van der Waals surface area (Å²) in [6, 6.07) is 8.11. The van der Waals surface area contributed by atoms with Gasteiger partial charge in [0, 0.05) is 23.3 Å². The Hall–Kier alpha value is -1.54. The second-order valence-corrected chi connectivity index (χ2v) is 5.30. The van der Waals surface area contributed by atoms with Crippen LogP contribution in [0.15, 0.2) is 41.3 Å². The van der Waals surface area contributed by atoms with Crippen molar-refractivity contribution >= 4 is 11.0 Å². The van der Waals surface area contributed by atoms with Crippen molar-refractivity contribution in [2.24, 2.45) is 0 Å². The molecule has 1 heterocycles. The number of fused-ring (bicyclic) bond motifs is 1. The van der Waals surface area contributed by atoms with E-state index in [-0.39, 0.29) is 12.5 Å². The number of para-hydroxylation sites is 1. The number of aryl methyl sites for hydroxylation is 1. The lowest BCUT2D eigenvalue weighted by atomic mass is 9.92. The highest BCUT2D eigenvalue weighted by molar-refractivity contribution is 5.83. The Bertz CT molecular complexity index is 554. The standard InChI is InChI=1S/C18H24O2/c1-3-5-6-12-17-18(14(13-19)9-4-2)15-10-7-8-11-16(15)20-17/h4,7-8,10-11,14,19H,2-3,5-6,9,12-13H2,1H3. The summed E-state index contributed by atoms with van der Waals surface area (Å²) in [5.74, 6) is 1.13. The van der Waals surface area contributed by atoms with Crippen molar-refractivity contribution in [1.29, 1.82) is 0 Å². The van der Waals surface area contributed by atoms with Crippen LogP contribution in [0.2, 0.25) is 0 Å². The highest BCUT2D eigenvalue weighted by Crippen LogP contribution is 2.34. The van der Waals surface area contributed by atoms with E-state index >= 15 is 0 Å². The van der Waals surface area contributed by atoms with Crippen LogP contribution in [0.3, 0.4) is 0 Å². The van der Waals surface area contributed by atoms with Gasteiger partial charge < -0.3 is 9.52 Å². The number of rotatable bonds is 8. The van der Waals surface area contributed by atoms with Gasteiger partial charge in [0.2, 0.25) is 0 Å². The molecule has 0 aliphatic rings. The Balaban J connectivity index is 2.40. The third-order valence-corrected chi connectivity index (χ3v) is 3.80. The number of benzene rings is 1. The van der Waals surface area contributed by atoms with Gasteiger partial charge in [-0.15, -0.1) is 6.58 Å². The summed E-state index contributed by atoms with van der Waals surface area (Å²) in [4.78, 5) is 0. The van der Waals surface area contributed by atoms with Gasteiger partial charge >= 0.3 is 0 Å². The summed E-state index contributed by atoms with van der Waals surface area (Å²) < 4.78 is 6.03. The van der Waals surface area contributed by atoms with E-state index in [2.05, 4.69) is 19.6 Å². The monoisotopic (exact) mass is 272 g/mol. The molecule has 108 valence electrons. The maximum absolute atomic E-state index is 9.69. The van der Waals surface area contributed by atoms with Gasteiger partial charge in [-0.25, -0.2) is 0 Å². The minimum atomic E-state index is 0.0905. The van der Waals surface area contributed by atoms with E-state index in [4.69, 9.17) is 4.42 Å². The van der Waals surface area contributed by atoms with E-state index in [0.717, 1.165) is 36.0 Å². The number of furan rings is 1. The summed E-state index contributed by atoms with van der Waals surface area (Å²) in [5.41, 5.74) is 2.11. The minimum Gasteiger partial charge on any atom is -0.461 e. The average Bonchev–Trinajstić information content (AvgIpc) is 2.83. The quantitative estimate of drug-likeness (QED) is 0.552. The molecule has 0 amide bonds. The molecule has 1 unspecified atom stereocenters. The van der Waals surface area contributed by atoms with Gasteiger partial charge in [0.1, 0.15) is 11.3 Å². The van der Waals surface area contributed by atoms with Crippen LogP contribution in [0.25, 0.3) is 11.0 Å². The molecule has 0 aliphatic heterocycles. The van der Waals surface area contributed by atoms with Gasteiger partial charge in [0.15, 0.2) is 0 Å². The van der Waals surface area contributed by atoms with Crippen LogP contribution in [0, 0.1) is 0 Å². The van der Waals surface area contributed by atoms with E-state index in [1.54, 1.807) is 0 Å². The molecule has 2 rings (SSSR count). The lowest BCUT2D eigenvalue weighted by Crippen LogP contribution is -2.05. The molecule has 2 nitrogen and oxygen atoms in total. The molecule has 1 N–H and O–H groups in total. The number of aliphatic hydroxyl groups is 1. The SMILES string of the molecule is C=CCC(CO)c1c(CCCCC)oc2ccccc12. The molecule has 1 atom stereocenters. The predicted molar refractivity (Wildman–Crippen MR) is 84.1 cm³/mol. The maximum Gasteiger partial charge on any atom is 0.134 e. The summed E-state index contributed by atoms with van der Waals surface area (Å²) >= 11 is 0. The number of hydrogen-bond acceptors (Lipinski definition) is 2. The molecular weight excluding hydrogens is 248 g/mol. The molecule has 2 heteroatoms. The zero-order chi connectivity index (χ0) is 14.4. The first-order valence-electron chi connectivity index (χ1n) is 7.53. The Morgan fingerprint density at radius 2 is 2.10 bits per heavy atom. The Kier molecular flexibility index (Phi) is 5.42. The third kappa shape index (κ3) is 3.13. The second-order valence-electron chi connectivity index (χ2n) is 5.30. The third-order valence-electron chi connectivity index (χ3n) is 3.80. The Morgan fingerprint density at radius 1 is 1.30 bits per heavy atom. The van der Waals surface area contributed by atoms with Gasteiger partial charge in [-0.1, -0.05) is 44.0 Å². The number of aliphatic hydroxyl groups excluding tert-OH is 1. The van der Waals surface area contributed by atoms with E-state index in [1.807, 2.05) is 24.3 Å². The van der Waals surface area contributed by atoms with E-state index in [9.17, 15) is 5.11 Å². The van der Waals surface area contributed by atoms with Crippen LogP contribution in [-0.2, 0) is 6.42 Å². The molecule has 0 saturated heterocycles. The van der Waals surface area contributed by atoms with E-state index in [1.165, 1.54) is 18.4 Å². The van der Waals surface area contributed by atoms with Gasteiger partial charge in [0.05, 0.1) is 6.61 Å². The Morgan fingerprint density at radius 3 is 2.80 bits per heavy atom. The first kappa shape index (κ1) is 14.9. The zero-order valence-corrected chi connectivity index (χ0v) is 12.3. The van der Waals surface area contributed by atoms with Crippen molar-refractivity contribution in [2.75, 3.05) is 6.61 Å². The zero-order valence-electron chi connectivity index (χ0n) is 12.3. The van der Waals surface area contributed by atoms with Crippen LogP contribution in [-0.4, -0.2) is 11.7 Å². The number of unbranched alkanes of at least 4 members (excludes halogenated alkanes) is 2. The van der Waals surface area contributed by atoms with Gasteiger partial charge in [-0.05, 0) is 18.9 Å². The molecule has 0 spiro atoms. The largest absolute Gasteiger partial charge is 0.461 e. The average molecular weight is 272 g/mol. The molecule has 0 bridgehead atoms. The Labute approximate surface area is 121 Å². The first-order chi connectivity index (χ1) is 9.81. The van der Waals surface area contributed by atoms with Gasteiger partial charge in [-0.2, -0.15) is 0 Å². The van der Waals surface area contributed by atoms with Crippen molar-refractivity contribution in [3.05, 3.63) is 48.2 Å². The van der Waals surface area contributed by atoms with Crippen molar-refractivity contribution < 1.29 is 9.52 Å². The second kappa shape index (κ2) is 7.30. The maximum atomic E-state index is 9.69. The van der Waals surface area contributed by atoms with Crippen molar-refractivity contribution in [3.8, 4) is 0 Å².